The summed E-state index contributed by atoms with van der Waals surface area (Å²) < 4.78 is 60.5. The Labute approximate surface area is 183 Å². The number of halogens is 5. The Morgan fingerprint density at radius 3 is 2.56 bits per heavy atom. The molecule has 0 spiro atoms. The van der Waals surface area contributed by atoms with Gasteiger partial charge in [-0.2, -0.15) is 13.2 Å². The summed E-state index contributed by atoms with van der Waals surface area (Å²) in [4.78, 5) is 22.2. The van der Waals surface area contributed by atoms with E-state index in [1.807, 2.05) is 10.2 Å². The Hall–Kier alpha value is -3.12. The van der Waals surface area contributed by atoms with Gasteiger partial charge in [0.15, 0.2) is 17.4 Å². The summed E-state index contributed by atoms with van der Waals surface area (Å²) in [5.74, 6) is -1.17. The molecule has 0 saturated carbocycles. The fourth-order valence-corrected chi connectivity index (χ4v) is 3.56. The van der Waals surface area contributed by atoms with Crippen LogP contribution in [0.25, 0.3) is 11.0 Å². The largest absolute Gasteiger partial charge is 0.455 e. The number of fused-ring (bicyclic) bond motifs is 1. The number of rotatable bonds is 4. The van der Waals surface area contributed by atoms with E-state index in [0.717, 1.165) is 6.07 Å². The predicted octanol–water partition coefficient (Wildman–Crippen LogP) is 3.90. The molecule has 1 atom stereocenters. The molecule has 0 aliphatic carbocycles. The van der Waals surface area contributed by atoms with Crippen molar-refractivity contribution < 1.29 is 26.8 Å². The Morgan fingerprint density at radius 2 is 1.97 bits per heavy atom. The number of anilines is 2. The van der Waals surface area contributed by atoms with Crippen molar-refractivity contribution in [3.05, 3.63) is 46.7 Å². The summed E-state index contributed by atoms with van der Waals surface area (Å²) in [7, 11) is 0. The van der Waals surface area contributed by atoms with E-state index in [2.05, 4.69) is 15.3 Å². The second-order valence-electron chi connectivity index (χ2n) is 7.37. The molecule has 0 bridgehead atoms. The number of aryl methyl sites for hydroxylation is 1. The molecule has 4 rings (SSSR count). The standard InChI is InChI=1S/C19H17ClF4N6O2/c1-8-12-2-9(20)3-13(21)15(12)32-14(8)16(19(22,23)24)29-18(31)28-11-4-26-17(27-5-11)30-6-10(25)7-30/h2-5,10,16H,6-7,25H2,1H3,(H2,28,29,31)/t16-/m1/s1. The molecule has 170 valence electrons. The van der Waals surface area contributed by atoms with Gasteiger partial charge in [0, 0.05) is 35.1 Å². The van der Waals surface area contributed by atoms with Gasteiger partial charge in [-0.25, -0.2) is 19.2 Å². The Kier molecular flexibility index (Phi) is 5.59. The van der Waals surface area contributed by atoms with Gasteiger partial charge in [-0.3, -0.25) is 0 Å². The number of benzene rings is 1. The fourth-order valence-electron chi connectivity index (χ4n) is 3.36. The van der Waals surface area contributed by atoms with Crippen molar-refractivity contribution in [1.29, 1.82) is 0 Å². The molecule has 1 fully saturated rings. The number of carbonyl (C=O) groups is 1. The molecule has 13 heteroatoms. The molecule has 2 aromatic heterocycles. The Balaban J connectivity index is 1.53. The molecule has 4 N–H and O–H groups in total. The number of nitrogens with zero attached hydrogens (tertiary/aromatic N) is 3. The first-order chi connectivity index (χ1) is 15.0. The van der Waals surface area contributed by atoms with E-state index in [4.69, 9.17) is 21.8 Å². The summed E-state index contributed by atoms with van der Waals surface area (Å²) in [5.41, 5.74) is 5.40. The summed E-state index contributed by atoms with van der Waals surface area (Å²) in [6.45, 7) is 2.50. The van der Waals surface area contributed by atoms with Crippen LogP contribution in [0.5, 0.6) is 0 Å². The van der Waals surface area contributed by atoms with Crippen LogP contribution in [0.4, 0.5) is 34.0 Å². The van der Waals surface area contributed by atoms with E-state index in [-0.39, 0.29) is 33.3 Å². The summed E-state index contributed by atoms with van der Waals surface area (Å²) >= 11 is 5.80. The number of amides is 2. The molecule has 8 nitrogen and oxygen atoms in total. The first-order valence-electron chi connectivity index (χ1n) is 9.37. The Morgan fingerprint density at radius 1 is 1.31 bits per heavy atom. The molecule has 0 unspecified atom stereocenters. The molecular formula is C19H17ClF4N6O2. The van der Waals surface area contributed by atoms with Crippen molar-refractivity contribution in [2.24, 2.45) is 5.73 Å². The zero-order valence-electron chi connectivity index (χ0n) is 16.5. The molecule has 1 aliphatic rings. The molecule has 2 amide bonds. The number of alkyl halides is 3. The monoisotopic (exact) mass is 472 g/mol. The first-order valence-corrected chi connectivity index (χ1v) is 9.75. The van der Waals surface area contributed by atoms with Crippen LogP contribution in [0.15, 0.2) is 28.9 Å². The van der Waals surface area contributed by atoms with E-state index in [0.29, 0.717) is 19.0 Å². The molecular weight excluding hydrogens is 456 g/mol. The minimum atomic E-state index is -4.92. The molecule has 3 heterocycles. The van der Waals surface area contributed by atoms with Crippen LogP contribution in [0, 0.1) is 12.7 Å². The third-order valence-corrected chi connectivity index (χ3v) is 5.17. The van der Waals surface area contributed by atoms with E-state index >= 15 is 0 Å². The smallest absolute Gasteiger partial charge is 0.416 e. The number of hydrogen-bond acceptors (Lipinski definition) is 6. The van der Waals surface area contributed by atoms with Crippen LogP contribution >= 0.6 is 11.6 Å². The lowest BCUT2D eigenvalue weighted by atomic mass is 10.1. The maximum absolute atomic E-state index is 14.1. The lowest BCUT2D eigenvalue weighted by molar-refractivity contribution is -0.158. The molecule has 3 aromatic rings. The maximum Gasteiger partial charge on any atom is 0.416 e. The SMILES string of the molecule is Cc1c([C@@H](NC(=O)Nc2cnc(N3CC(N)C3)nc2)C(F)(F)F)oc2c(F)cc(Cl)cc12. The lowest BCUT2D eigenvalue weighted by Crippen LogP contribution is -2.56. The number of hydrogen-bond donors (Lipinski definition) is 3. The number of nitrogens with two attached hydrogens (primary N) is 1. The topological polar surface area (TPSA) is 109 Å². The van der Waals surface area contributed by atoms with Gasteiger partial charge in [0.25, 0.3) is 0 Å². The third kappa shape index (κ3) is 4.28. The number of urea groups is 1. The van der Waals surface area contributed by atoms with E-state index < -0.39 is 29.8 Å². The van der Waals surface area contributed by atoms with Crippen LogP contribution in [-0.2, 0) is 0 Å². The minimum absolute atomic E-state index is 0.00312. The quantitative estimate of drug-likeness (QED) is 0.497. The number of nitrogens with one attached hydrogen (secondary N) is 2. The average molecular weight is 473 g/mol. The van der Waals surface area contributed by atoms with Crippen molar-refractivity contribution in [3.8, 4) is 0 Å². The van der Waals surface area contributed by atoms with Gasteiger partial charge in [0.2, 0.25) is 5.95 Å². The van der Waals surface area contributed by atoms with Crippen LogP contribution in [0.1, 0.15) is 17.4 Å². The lowest BCUT2D eigenvalue weighted by Gasteiger charge is -2.36. The van der Waals surface area contributed by atoms with Crippen LogP contribution < -0.4 is 21.3 Å². The second-order valence-corrected chi connectivity index (χ2v) is 7.80. The molecule has 32 heavy (non-hydrogen) atoms. The van der Waals surface area contributed by atoms with E-state index in [9.17, 15) is 22.4 Å². The zero-order chi connectivity index (χ0) is 23.2. The zero-order valence-corrected chi connectivity index (χ0v) is 17.3. The van der Waals surface area contributed by atoms with Crippen molar-refractivity contribution >= 4 is 40.2 Å². The van der Waals surface area contributed by atoms with Gasteiger partial charge in [-0.15, -0.1) is 0 Å². The van der Waals surface area contributed by atoms with E-state index in [1.54, 1.807) is 0 Å². The minimum Gasteiger partial charge on any atom is -0.455 e. The maximum atomic E-state index is 14.1. The van der Waals surface area contributed by atoms with Gasteiger partial charge in [0.05, 0.1) is 18.1 Å². The highest BCUT2D eigenvalue weighted by atomic mass is 35.5. The van der Waals surface area contributed by atoms with Crippen LogP contribution in [0.2, 0.25) is 5.02 Å². The summed E-state index contributed by atoms with van der Waals surface area (Å²) in [6, 6.07) is -1.45. The molecule has 1 aliphatic heterocycles. The highest BCUT2D eigenvalue weighted by Crippen LogP contribution is 2.39. The number of aromatic nitrogens is 2. The van der Waals surface area contributed by atoms with Crippen molar-refractivity contribution in [1.82, 2.24) is 15.3 Å². The first kappa shape index (κ1) is 22.1. The van der Waals surface area contributed by atoms with Crippen molar-refractivity contribution in [2.45, 2.75) is 25.2 Å². The highest BCUT2D eigenvalue weighted by molar-refractivity contribution is 6.31. The number of carbonyl (C=O) groups excluding carboxylic acids is 1. The van der Waals surface area contributed by atoms with Crippen molar-refractivity contribution in [2.75, 3.05) is 23.3 Å². The van der Waals surface area contributed by atoms with Crippen LogP contribution in [-0.4, -0.2) is 41.3 Å². The Bertz CT molecular complexity index is 1160. The van der Waals surface area contributed by atoms with Gasteiger partial charge in [0.1, 0.15) is 5.76 Å². The van der Waals surface area contributed by atoms with Gasteiger partial charge < -0.3 is 25.7 Å². The van der Waals surface area contributed by atoms with E-state index in [1.165, 1.54) is 25.4 Å². The van der Waals surface area contributed by atoms with Gasteiger partial charge >= 0.3 is 12.2 Å². The highest BCUT2D eigenvalue weighted by Gasteiger charge is 2.45. The normalized spacial score (nSPS) is 15.5. The third-order valence-electron chi connectivity index (χ3n) is 4.95. The second kappa shape index (κ2) is 8.10. The average Bonchev–Trinajstić information content (AvgIpc) is 3.00. The predicted molar refractivity (Wildman–Crippen MR) is 109 cm³/mol. The van der Waals surface area contributed by atoms with Crippen LogP contribution in [0.3, 0.4) is 0 Å². The fraction of sp³-hybridized carbons (Fsp3) is 0.316. The molecule has 0 radical (unpaired) electrons. The van der Waals surface area contributed by atoms with Gasteiger partial charge in [-0.05, 0) is 19.1 Å². The molecule has 1 saturated heterocycles. The summed E-state index contributed by atoms with van der Waals surface area (Å²) in [6.07, 6.45) is -2.40. The number of furan rings is 1. The molecule has 1 aromatic carbocycles. The summed E-state index contributed by atoms with van der Waals surface area (Å²) in [5, 5.41) is 4.14. The van der Waals surface area contributed by atoms with Crippen molar-refractivity contribution in [3.63, 3.8) is 0 Å². The van der Waals surface area contributed by atoms with Gasteiger partial charge in [-0.1, -0.05) is 11.6 Å².